The second-order valence-corrected chi connectivity index (χ2v) is 6.45. The Bertz CT molecular complexity index is 571. The second-order valence-electron chi connectivity index (χ2n) is 6.45. The zero-order valence-corrected chi connectivity index (χ0v) is 13.9. The van der Waals surface area contributed by atoms with Crippen LogP contribution in [0.25, 0.3) is 5.65 Å². The van der Waals surface area contributed by atoms with Crippen molar-refractivity contribution < 1.29 is 0 Å². The van der Waals surface area contributed by atoms with E-state index in [1.165, 1.54) is 12.1 Å². The molecule has 0 saturated heterocycles. The van der Waals surface area contributed by atoms with Crippen LogP contribution in [0.15, 0.2) is 24.4 Å². The summed E-state index contributed by atoms with van der Waals surface area (Å²) in [7, 11) is 4.32. The Kier molecular flexibility index (Phi) is 5.37. The van der Waals surface area contributed by atoms with E-state index in [2.05, 4.69) is 72.8 Å². The minimum atomic E-state index is 0.574. The lowest BCUT2D eigenvalue weighted by Gasteiger charge is -2.26. The highest BCUT2D eigenvalue weighted by Crippen LogP contribution is 2.12. The Morgan fingerprint density at radius 2 is 2.05 bits per heavy atom. The van der Waals surface area contributed by atoms with Crippen LogP contribution in [0, 0.1) is 12.8 Å². The third-order valence-electron chi connectivity index (χ3n) is 3.98. The number of hydrogen-bond donors (Lipinski definition) is 1. The fourth-order valence-electron chi connectivity index (χ4n) is 2.76. The Hall–Kier alpha value is -1.39. The predicted molar refractivity (Wildman–Crippen MR) is 88.6 cm³/mol. The van der Waals surface area contributed by atoms with E-state index >= 15 is 0 Å². The van der Waals surface area contributed by atoms with Crippen LogP contribution in [0.5, 0.6) is 0 Å². The molecule has 0 aliphatic heterocycles. The molecule has 0 aliphatic rings. The van der Waals surface area contributed by atoms with E-state index in [-0.39, 0.29) is 0 Å². The Labute approximate surface area is 128 Å². The molecule has 2 rings (SSSR count). The molecule has 0 radical (unpaired) electrons. The van der Waals surface area contributed by atoms with Gasteiger partial charge < -0.3 is 14.6 Å². The first-order chi connectivity index (χ1) is 9.99. The summed E-state index contributed by atoms with van der Waals surface area (Å²) in [6.45, 7) is 8.52. The van der Waals surface area contributed by atoms with Crippen LogP contribution in [0.4, 0.5) is 0 Å². The van der Waals surface area contributed by atoms with Crippen molar-refractivity contribution in [3.8, 4) is 0 Å². The summed E-state index contributed by atoms with van der Waals surface area (Å²) in [6, 6.07) is 6.71. The summed E-state index contributed by atoms with van der Waals surface area (Å²) in [6.07, 6.45) is 3.30. The van der Waals surface area contributed by atoms with E-state index in [0.29, 0.717) is 6.04 Å². The van der Waals surface area contributed by atoms with Gasteiger partial charge in [0.15, 0.2) is 0 Å². The summed E-state index contributed by atoms with van der Waals surface area (Å²) >= 11 is 0. The van der Waals surface area contributed by atoms with E-state index in [0.717, 1.165) is 30.3 Å². The number of nitrogens with one attached hydrogen (secondary N) is 1. The van der Waals surface area contributed by atoms with Gasteiger partial charge in [0, 0.05) is 25.3 Å². The number of pyridine rings is 1. The summed E-state index contributed by atoms with van der Waals surface area (Å²) in [5.41, 5.74) is 3.39. The SMILES string of the molecule is Cc1nc2ccccn2c1CNCC(CC(C)C)N(C)C. The second kappa shape index (κ2) is 7.05. The van der Waals surface area contributed by atoms with Crippen molar-refractivity contribution in [2.24, 2.45) is 5.92 Å². The van der Waals surface area contributed by atoms with Crippen molar-refractivity contribution in [1.29, 1.82) is 0 Å². The number of fused-ring (bicyclic) bond motifs is 1. The molecule has 1 N–H and O–H groups in total. The van der Waals surface area contributed by atoms with Crippen LogP contribution >= 0.6 is 0 Å². The highest BCUT2D eigenvalue weighted by molar-refractivity contribution is 5.42. The van der Waals surface area contributed by atoms with E-state index in [9.17, 15) is 0 Å². The highest BCUT2D eigenvalue weighted by atomic mass is 15.1. The smallest absolute Gasteiger partial charge is 0.137 e. The van der Waals surface area contributed by atoms with Crippen LogP contribution in [0.3, 0.4) is 0 Å². The molecule has 1 atom stereocenters. The molecule has 21 heavy (non-hydrogen) atoms. The lowest BCUT2D eigenvalue weighted by molar-refractivity contribution is 0.246. The molecule has 0 amide bonds. The van der Waals surface area contributed by atoms with Gasteiger partial charge in [-0.25, -0.2) is 4.98 Å². The lowest BCUT2D eigenvalue weighted by atomic mass is 10.0. The number of aromatic nitrogens is 2. The third kappa shape index (κ3) is 4.05. The van der Waals surface area contributed by atoms with Gasteiger partial charge in [0.1, 0.15) is 5.65 Å². The van der Waals surface area contributed by atoms with Crippen LogP contribution in [0.1, 0.15) is 31.7 Å². The molecule has 2 aromatic rings. The molecule has 0 saturated carbocycles. The summed E-state index contributed by atoms with van der Waals surface area (Å²) in [5, 5.41) is 3.61. The van der Waals surface area contributed by atoms with Crippen molar-refractivity contribution in [1.82, 2.24) is 19.6 Å². The van der Waals surface area contributed by atoms with Gasteiger partial charge in [-0.05, 0) is 45.5 Å². The Morgan fingerprint density at radius 1 is 1.29 bits per heavy atom. The molecule has 1 unspecified atom stereocenters. The van der Waals surface area contributed by atoms with Crippen molar-refractivity contribution in [3.63, 3.8) is 0 Å². The maximum Gasteiger partial charge on any atom is 0.137 e. The van der Waals surface area contributed by atoms with Crippen LogP contribution in [-0.4, -0.2) is 41.0 Å². The zero-order chi connectivity index (χ0) is 15.4. The van der Waals surface area contributed by atoms with Gasteiger partial charge in [0.05, 0.1) is 11.4 Å². The van der Waals surface area contributed by atoms with Crippen LogP contribution in [0.2, 0.25) is 0 Å². The number of likely N-dealkylation sites (N-methyl/N-ethyl adjacent to an activating group) is 1. The summed E-state index contributed by atoms with van der Waals surface area (Å²) in [4.78, 5) is 6.92. The number of nitrogens with zero attached hydrogens (tertiary/aromatic N) is 3. The maximum atomic E-state index is 4.61. The quantitative estimate of drug-likeness (QED) is 0.850. The topological polar surface area (TPSA) is 32.6 Å². The van der Waals surface area contributed by atoms with Gasteiger partial charge in [-0.3, -0.25) is 0 Å². The van der Waals surface area contributed by atoms with Crippen LogP contribution in [-0.2, 0) is 6.54 Å². The minimum Gasteiger partial charge on any atom is -0.310 e. The van der Waals surface area contributed by atoms with Crippen molar-refractivity contribution >= 4 is 5.65 Å². The standard InChI is InChI=1S/C17H28N4/c1-13(2)10-15(20(4)5)11-18-12-16-14(3)19-17-8-6-7-9-21(16)17/h6-9,13,15,18H,10-12H2,1-5H3. The number of aryl methyl sites for hydroxylation is 1. The van der Waals surface area contributed by atoms with Gasteiger partial charge in [0.2, 0.25) is 0 Å². The molecule has 0 fully saturated rings. The van der Waals surface area contributed by atoms with E-state index in [4.69, 9.17) is 0 Å². The summed E-state index contributed by atoms with van der Waals surface area (Å²) < 4.78 is 2.18. The average molecular weight is 288 g/mol. The molecule has 2 heterocycles. The molecular formula is C17H28N4. The van der Waals surface area contributed by atoms with Gasteiger partial charge in [0.25, 0.3) is 0 Å². The first-order valence-electron chi connectivity index (χ1n) is 7.78. The Balaban J connectivity index is 1.99. The van der Waals surface area contributed by atoms with E-state index < -0.39 is 0 Å². The van der Waals surface area contributed by atoms with Gasteiger partial charge in [-0.2, -0.15) is 0 Å². The number of rotatable bonds is 7. The molecular weight excluding hydrogens is 260 g/mol. The monoisotopic (exact) mass is 288 g/mol. The number of imidazole rings is 1. The Morgan fingerprint density at radius 3 is 2.71 bits per heavy atom. The molecule has 0 aliphatic carbocycles. The molecule has 4 heteroatoms. The maximum absolute atomic E-state index is 4.61. The fraction of sp³-hybridized carbons (Fsp3) is 0.588. The molecule has 2 aromatic heterocycles. The van der Waals surface area contributed by atoms with E-state index in [1.807, 2.05) is 6.07 Å². The highest BCUT2D eigenvalue weighted by Gasteiger charge is 2.14. The van der Waals surface area contributed by atoms with Crippen molar-refractivity contribution in [2.75, 3.05) is 20.6 Å². The van der Waals surface area contributed by atoms with Crippen molar-refractivity contribution in [3.05, 3.63) is 35.8 Å². The van der Waals surface area contributed by atoms with Gasteiger partial charge in [-0.15, -0.1) is 0 Å². The van der Waals surface area contributed by atoms with Crippen molar-refractivity contribution in [2.45, 2.75) is 39.8 Å². The average Bonchev–Trinajstić information content (AvgIpc) is 2.73. The van der Waals surface area contributed by atoms with Crippen LogP contribution < -0.4 is 5.32 Å². The molecule has 0 spiro atoms. The third-order valence-corrected chi connectivity index (χ3v) is 3.98. The number of hydrogen-bond acceptors (Lipinski definition) is 3. The minimum absolute atomic E-state index is 0.574. The molecule has 0 aromatic carbocycles. The fourth-order valence-corrected chi connectivity index (χ4v) is 2.76. The summed E-state index contributed by atoms with van der Waals surface area (Å²) in [5.74, 6) is 0.719. The molecule has 0 bridgehead atoms. The molecule has 4 nitrogen and oxygen atoms in total. The first-order valence-corrected chi connectivity index (χ1v) is 7.78. The first kappa shape index (κ1) is 16.0. The normalized spacial score (nSPS) is 13.5. The molecule has 116 valence electrons. The lowest BCUT2D eigenvalue weighted by Crippen LogP contribution is -2.38. The van der Waals surface area contributed by atoms with E-state index in [1.54, 1.807) is 0 Å². The largest absolute Gasteiger partial charge is 0.310 e. The zero-order valence-electron chi connectivity index (χ0n) is 13.9. The van der Waals surface area contributed by atoms with Gasteiger partial charge in [-0.1, -0.05) is 19.9 Å². The predicted octanol–water partition coefficient (Wildman–Crippen LogP) is 2.71. The van der Waals surface area contributed by atoms with Gasteiger partial charge >= 0.3 is 0 Å².